The van der Waals surface area contributed by atoms with Crippen LogP contribution in [0.25, 0.3) is 0 Å². The van der Waals surface area contributed by atoms with Crippen molar-refractivity contribution in [3.63, 3.8) is 0 Å². The molecule has 0 saturated heterocycles. The molecule has 1 aromatic heterocycles. The second-order valence-corrected chi connectivity index (χ2v) is 6.31. The molecule has 1 heterocycles. The van der Waals surface area contributed by atoms with Crippen LogP contribution in [0, 0.1) is 17.5 Å². The van der Waals surface area contributed by atoms with Gasteiger partial charge in [0.15, 0.2) is 0 Å². The van der Waals surface area contributed by atoms with Crippen molar-refractivity contribution < 1.29 is 18.0 Å². The zero-order chi connectivity index (χ0) is 20.1. The van der Waals surface area contributed by atoms with Crippen molar-refractivity contribution in [2.24, 2.45) is 0 Å². The SMILES string of the molecule is C[C@H](Cc1c(F)cccc1F)NC(=O)c1cccnc1Nc1cccc(F)c1. The predicted octanol–water partition coefficient (Wildman–Crippen LogP) is 4.60. The van der Waals surface area contributed by atoms with Gasteiger partial charge in [0.2, 0.25) is 0 Å². The van der Waals surface area contributed by atoms with E-state index in [-0.39, 0.29) is 23.4 Å². The van der Waals surface area contributed by atoms with E-state index in [1.807, 2.05) is 0 Å². The monoisotopic (exact) mass is 385 g/mol. The number of rotatable bonds is 6. The molecule has 0 unspecified atom stereocenters. The Labute approximate surface area is 160 Å². The zero-order valence-corrected chi connectivity index (χ0v) is 15.0. The van der Waals surface area contributed by atoms with Crippen molar-refractivity contribution in [2.75, 3.05) is 5.32 Å². The van der Waals surface area contributed by atoms with Crippen LogP contribution in [0.2, 0.25) is 0 Å². The number of anilines is 2. The first-order valence-corrected chi connectivity index (χ1v) is 8.65. The van der Waals surface area contributed by atoms with Gasteiger partial charge in [0.05, 0.1) is 5.56 Å². The summed E-state index contributed by atoms with van der Waals surface area (Å²) < 4.78 is 41.0. The molecule has 0 aliphatic carbocycles. The Kier molecular flexibility index (Phi) is 5.93. The number of nitrogens with zero attached hydrogens (tertiary/aromatic N) is 1. The number of hydrogen-bond acceptors (Lipinski definition) is 3. The molecule has 3 rings (SSSR count). The number of aromatic nitrogens is 1. The van der Waals surface area contributed by atoms with Crippen molar-refractivity contribution in [3.05, 3.63) is 89.4 Å². The summed E-state index contributed by atoms with van der Waals surface area (Å²) in [4.78, 5) is 16.8. The highest BCUT2D eigenvalue weighted by Gasteiger charge is 2.18. The molecule has 0 aliphatic rings. The van der Waals surface area contributed by atoms with Gasteiger partial charge in [-0.15, -0.1) is 0 Å². The first-order valence-electron chi connectivity index (χ1n) is 8.65. The standard InChI is InChI=1S/C21H18F3N3O/c1-13(11-17-18(23)8-3-9-19(17)24)26-21(28)16-7-4-10-25-20(16)27-15-6-2-5-14(22)12-15/h2-10,12-13H,11H2,1H3,(H,25,27)(H,26,28)/t13-/m1/s1. The Bertz CT molecular complexity index is 974. The molecule has 4 nitrogen and oxygen atoms in total. The summed E-state index contributed by atoms with van der Waals surface area (Å²) in [5.41, 5.74) is 0.585. The summed E-state index contributed by atoms with van der Waals surface area (Å²) in [5, 5.41) is 5.61. The maximum atomic E-state index is 13.8. The van der Waals surface area contributed by atoms with Crippen molar-refractivity contribution in [3.8, 4) is 0 Å². The molecule has 3 aromatic rings. The van der Waals surface area contributed by atoms with E-state index in [2.05, 4.69) is 15.6 Å². The van der Waals surface area contributed by atoms with Crippen LogP contribution in [-0.4, -0.2) is 16.9 Å². The van der Waals surface area contributed by atoms with Crippen molar-refractivity contribution in [1.29, 1.82) is 0 Å². The molecule has 2 N–H and O–H groups in total. The van der Waals surface area contributed by atoms with Crippen LogP contribution in [0.1, 0.15) is 22.8 Å². The van der Waals surface area contributed by atoms with E-state index in [9.17, 15) is 18.0 Å². The quantitative estimate of drug-likeness (QED) is 0.652. The number of halogens is 3. The molecular weight excluding hydrogens is 367 g/mol. The molecule has 7 heteroatoms. The summed E-state index contributed by atoms with van der Waals surface area (Å²) in [6.07, 6.45) is 1.49. The minimum absolute atomic E-state index is 0.00281. The number of nitrogens with one attached hydrogen (secondary N) is 2. The van der Waals surface area contributed by atoms with Gasteiger partial charge in [-0.05, 0) is 55.8 Å². The normalized spacial score (nSPS) is 11.7. The second kappa shape index (κ2) is 8.56. The molecule has 0 fully saturated rings. The summed E-state index contributed by atoms with van der Waals surface area (Å²) in [5.74, 6) is -1.95. The van der Waals surface area contributed by atoms with Gasteiger partial charge in [0, 0.05) is 23.5 Å². The van der Waals surface area contributed by atoms with E-state index in [4.69, 9.17) is 0 Å². The highest BCUT2D eigenvalue weighted by Crippen LogP contribution is 2.20. The lowest BCUT2D eigenvalue weighted by atomic mass is 10.1. The molecule has 0 saturated carbocycles. The van der Waals surface area contributed by atoms with Crippen LogP contribution < -0.4 is 10.6 Å². The average molecular weight is 385 g/mol. The Morgan fingerprint density at radius 3 is 2.46 bits per heavy atom. The zero-order valence-electron chi connectivity index (χ0n) is 15.0. The van der Waals surface area contributed by atoms with Crippen molar-refractivity contribution >= 4 is 17.4 Å². The maximum absolute atomic E-state index is 13.8. The molecule has 0 spiro atoms. The number of benzene rings is 2. The minimum Gasteiger partial charge on any atom is -0.349 e. The van der Waals surface area contributed by atoms with E-state index >= 15 is 0 Å². The van der Waals surface area contributed by atoms with Crippen molar-refractivity contribution in [1.82, 2.24) is 10.3 Å². The van der Waals surface area contributed by atoms with Gasteiger partial charge < -0.3 is 10.6 Å². The topological polar surface area (TPSA) is 54.0 Å². The van der Waals surface area contributed by atoms with E-state index in [1.165, 1.54) is 42.6 Å². The molecule has 0 bridgehead atoms. The lowest BCUT2D eigenvalue weighted by molar-refractivity contribution is 0.0940. The second-order valence-electron chi connectivity index (χ2n) is 6.31. The van der Waals surface area contributed by atoms with Crippen LogP contribution in [0.3, 0.4) is 0 Å². The Balaban J connectivity index is 1.74. The third kappa shape index (κ3) is 4.68. The van der Waals surface area contributed by atoms with Crippen LogP contribution >= 0.6 is 0 Å². The highest BCUT2D eigenvalue weighted by atomic mass is 19.1. The highest BCUT2D eigenvalue weighted by molar-refractivity contribution is 5.99. The first kappa shape index (κ1) is 19.4. The molecule has 1 amide bonds. The van der Waals surface area contributed by atoms with E-state index in [0.717, 1.165) is 0 Å². The van der Waals surface area contributed by atoms with Gasteiger partial charge in [-0.1, -0.05) is 12.1 Å². The maximum Gasteiger partial charge on any atom is 0.255 e. The van der Waals surface area contributed by atoms with Crippen LogP contribution in [0.15, 0.2) is 60.8 Å². The number of carbonyl (C=O) groups excluding carboxylic acids is 1. The smallest absolute Gasteiger partial charge is 0.255 e. The van der Waals surface area contributed by atoms with E-state index in [0.29, 0.717) is 5.69 Å². The van der Waals surface area contributed by atoms with Gasteiger partial charge in [-0.25, -0.2) is 18.2 Å². The molecular formula is C21H18F3N3O. The van der Waals surface area contributed by atoms with Crippen LogP contribution in [0.5, 0.6) is 0 Å². The lowest BCUT2D eigenvalue weighted by Crippen LogP contribution is -2.35. The molecule has 144 valence electrons. The number of hydrogen-bond donors (Lipinski definition) is 2. The summed E-state index contributed by atoms with van der Waals surface area (Å²) >= 11 is 0. The Morgan fingerprint density at radius 2 is 1.75 bits per heavy atom. The van der Waals surface area contributed by atoms with E-state index < -0.39 is 29.4 Å². The summed E-state index contributed by atoms with van der Waals surface area (Å²) in [6.45, 7) is 1.65. The van der Waals surface area contributed by atoms with Crippen LogP contribution in [0.4, 0.5) is 24.7 Å². The van der Waals surface area contributed by atoms with Gasteiger partial charge >= 0.3 is 0 Å². The third-order valence-corrected chi connectivity index (χ3v) is 4.09. The fourth-order valence-electron chi connectivity index (χ4n) is 2.78. The van der Waals surface area contributed by atoms with Crippen LogP contribution in [-0.2, 0) is 6.42 Å². The average Bonchev–Trinajstić information content (AvgIpc) is 2.65. The van der Waals surface area contributed by atoms with Gasteiger partial charge in [0.1, 0.15) is 23.3 Å². The molecule has 28 heavy (non-hydrogen) atoms. The summed E-state index contributed by atoms with van der Waals surface area (Å²) in [7, 11) is 0. The van der Waals surface area contributed by atoms with Gasteiger partial charge in [-0.2, -0.15) is 0 Å². The fourth-order valence-corrected chi connectivity index (χ4v) is 2.78. The Morgan fingerprint density at radius 1 is 1.04 bits per heavy atom. The summed E-state index contributed by atoms with van der Waals surface area (Å²) in [6, 6.07) is 12.0. The lowest BCUT2D eigenvalue weighted by Gasteiger charge is -2.16. The third-order valence-electron chi connectivity index (χ3n) is 4.09. The number of carbonyl (C=O) groups is 1. The predicted molar refractivity (Wildman–Crippen MR) is 101 cm³/mol. The molecule has 0 radical (unpaired) electrons. The molecule has 0 aliphatic heterocycles. The fraction of sp³-hybridized carbons (Fsp3) is 0.143. The Hall–Kier alpha value is -3.35. The van der Waals surface area contributed by atoms with Gasteiger partial charge in [-0.3, -0.25) is 4.79 Å². The van der Waals surface area contributed by atoms with E-state index in [1.54, 1.807) is 25.1 Å². The minimum atomic E-state index is -0.657. The number of amides is 1. The molecule has 1 atom stereocenters. The van der Waals surface area contributed by atoms with Gasteiger partial charge in [0.25, 0.3) is 5.91 Å². The number of pyridine rings is 1. The molecule has 2 aromatic carbocycles. The largest absolute Gasteiger partial charge is 0.349 e. The van der Waals surface area contributed by atoms with Crippen molar-refractivity contribution in [2.45, 2.75) is 19.4 Å². The first-order chi connectivity index (χ1) is 13.4.